The van der Waals surface area contributed by atoms with Crippen LogP contribution in [0.4, 0.5) is 4.39 Å². The average Bonchev–Trinajstić information content (AvgIpc) is 2.93. The summed E-state index contributed by atoms with van der Waals surface area (Å²) in [6.07, 6.45) is 6.83. The predicted molar refractivity (Wildman–Crippen MR) is 160 cm³/mol. The SMILES string of the molecule is CC.CC.CC.COC(=O)c1cc(C)c(C2=CCN(C(C)/C(C)=C/c3c(Br)ccnc3C)CC2)c(F)c1. The summed E-state index contributed by atoms with van der Waals surface area (Å²) in [6, 6.07) is 5.16. The molecule has 1 aliphatic heterocycles. The molecular weight excluding hydrogens is 531 g/mol. The van der Waals surface area contributed by atoms with Crippen LogP contribution in [0, 0.1) is 19.7 Å². The molecular formula is C31H46BrFN2O2. The van der Waals surface area contributed by atoms with E-state index in [1.807, 2.05) is 61.5 Å². The molecule has 2 aromatic rings. The number of aromatic nitrogens is 1. The summed E-state index contributed by atoms with van der Waals surface area (Å²) in [5.74, 6) is -0.898. The highest BCUT2D eigenvalue weighted by Gasteiger charge is 2.22. The fraction of sp³-hybridized carbons (Fsp3) is 0.484. The van der Waals surface area contributed by atoms with Crippen LogP contribution in [-0.4, -0.2) is 42.1 Å². The first-order valence-electron chi connectivity index (χ1n) is 13.3. The number of hydrogen-bond donors (Lipinski definition) is 0. The lowest BCUT2D eigenvalue weighted by atomic mass is 9.92. The van der Waals surface area contributed by atoms with Crippen LogP contribution in [0.3, 0.4) is 0 Å². The Hall–Kier alpha value is -2.31. The normalized spacial score (nSPS) is 14.0. The van der Waals surface area contributed by atoms with Crippen LogP contribution in [0.15, 0.2) is 40.5 Å². The Morgan fingerprint density at radius 2 is 1.78 bits per heavy atom. The second-order valence-corrected chi connectivity index (χ2v) is 8.83. The highest BCUT2D eigenvalue weighted by Crippen LogP contribution is 2.31. The Labute approximate surface area is 233 Å². The van der Waals surface area contributed by atoms with Crippen molar-refractivity contribution >= 4 is 33.5 Å². The number of halogens is 2. The fourth-order valence-electron chi connectivity index (χ4n) is 4.01. The largest absolute Gasteiger partial charge is 0.465 e. The van der Waals surface area contributed by atoms with Crippen LogP contribution in [0.25, 0.3) is 11.6 Å². The second-order valence-electron chi connectivity index (χ2n) is 7.97. The quantitative estimate of drug-likeness (QED) is 0.333. The summed E-state index contributed by atoms with van der Waals surface area (Å²) >= 11 is 3.61. The monoisotopic (exact) mass is 576 g/mol. The summed E-state index contributed by atoms with van der Waals surface area (Å²) in [4.78, 5) is 18.5. The summed E-state index contributed by atoms with van der Waals surface area (Å²) < 4.78 is 20.6. The number of ether oxygens (including phenoxy) is 1. The zero-order valence-corrected chi connectivity index (χ0v) is 26.2. The van der Waals surface area contributed by atoms with Gasteiger partial charge in [0.05, 0.1) is 12.7 Å². The maximum Gasteiger partial charge on any atom is 0.337 e. The Balaban J connectivity index is 0.00000201. The van der Waals surface area contributed by atoms with Crippen LogP contribution in [0.5, 0.6) is 0 Å². The minimum atomic E-state index is -0.524. The van der Waals surface area contributed by atoms with Gasteiger partial charge in [0.15, 0.2) is 0 Å². The fourth-order valence-corrected chi connectivity index (χ4v) is 4.53. The molecule has 1 aromatic carbocycles. The van der Waals surface area contributed by atoms with E-state index in [-0.39, 0.29) is 17.4 Å². The first-order chi connectivity index (χ1) is 17.7. The van der Waals surface area contributed by atoms with Gasteiger partial charge in [0, 0.05) is 46.6 Å². The Bertz CT molecular complexity index is 1020. The molecule has 1 aromatic heterocycles. The van der Waals surface area contributed by atoms with Gasteiger partial charge in [-0.25, -0.2) is 9.18 Å². The highest BCUT2D eigenvalue weighted by molar-refractivity contribution is 9.10. The number of rotatable bonds is 5. The third-order valence-corrected chi connectivity index (χ3v) is 6.68. The molecule has 6 heteroatoms. The van der Waals surface area contributed by atoms with Crippen molar-refractivity contribution in [2.75, 3.05) is 20.2 Å². The van der Waals surface area contributed by atoms with Crippen LogP contribution in [-0.2, 0) is 4.74 Å². The van der Waals surface area contributed by atoms with E-state index in [0.29, 0.717) is 5.56 Å². The number of hydrogen-bond acceptors (Lipinski definition) is 4. The van der Waals surface area contributed by atoms with Crippen LogP contribution in [0.1, 0.15) is 94.6 Å². The Kier molecular flexibility index (Phi) is 16.9. The summed E-state index contributed by atoms with van der Waals surface area (Å²) in [7, 11) is 1.30. The maximum atomic E-state index is 14.8. The average molecular weight is 578 g/mol. The molecule has 2 heterocycles. The van der Waals surface area contributed by atoms with Gasteiger partial charge in [-0.2, -0.15) is 0 Å². The van der Waals surface area contributed by atoms with Gasteiger partial charge in [0.1, 0.15) is 5.82 Å². The molecule has 0 saturated heterocycles. The highest BCUT2D eigenvalue weighted by atomic mass is 79.9. The standard InChI is InChI=1S/C25H28BrFN2O2.3C2H6/c1-15(13-21-17(3)28-9-6-22(21)26)18(4)29-10-7-19(8-11-29)24-16(2)12-20(14-23(24)27)25(30)31-5;3*1-2/h6-7,9,12-14,18H,8,10-11H2,1-5H3;3*1-2H3/b15-13+;;;. The number of nitrogens with zero attached hydrogens (tertiary/aromatic N) is 2. The molecule has 0 aliphatic carbocycles. The lowest BCUT2D eigenvalue weighted by Gasteiger charge is -2.33. The zero-order valence-electron chi connectivity index (χ0n) is 24.6. The Morgan fingerprint density at radius 1 is 1.16 bits per heavy atom. The molecule has 0 amide bonds. The number of carbonyl (C=O) groups is 1. The van der Waals surface area contributed by atoms with E-state index in [4.69, 9.17) is 4.74 Å². The van der Waals surface area contributed by atoms with E-state index in [1.165, 1.54) is 18.7 Å². The topological polar surface area (TPSA) is 42.4 Å². The van der Waals surface area contributed by atoms with Crippen LogP contribution < -0.4 is 0 Å². The first-order valence-corrected chi connectivity index (χ1v) is 14.1. The van der Waals surface area contributed by atoms with E-state index >= 15 is 0 Å². The van der Waals surface area contributed by atoms with Crippen molar-refractivity contribution in [3.63, 3.8) is 0 Å². The molecule has 0 saturated carbocycles. The van der Waals surface area contributed by atoms with Gasteiger partial charge >= 0.3 is 5.97 Å². The van der Waals surface area contributed by atoms with Crippen molar-refractivity contribution in [1.29, 1.82) is 0 Å². The van der Waals surface area contributed by atoms with E-state index in [9.17, 15) is 9.18 Å². The molecule has 206 valence electrons. The number of pyridine rings is 1. The summed E-state index contributed by atoms with van der Waals surface area (Å²) in [5, 5.41) is 0. The molecule has 37 heavy (non-hydrogen) atoms. The minimum Gasteiger partial charge on any atom is -0.465 e. The van der Waals surface area contributed by atoms with Crippen molar-refractivity contribution in [1.82, 2.24) is 9.88 Å². The maximum absolute atomic E-state index is 14.8. The van der Waals surface area contributed by atoms with Crippen LogP contribution >= 0.6 is 15.9 Å². The van der Waals surface area contributed by atoms with Crippen LogP contribution in [0.2, 0.25) is 0 Å². The molecule has 1 aliphatic rings. The van der Waals surface area contributed by atoms with Crippen molar-refractivity contribution in [3.05, 3.63) is 74.3 Å². The predicted octanol–water partition coefficient (Wildman–Crippen LogP) is 9.05. The van der Waals surface area contributed by atoms with E-state index in [2.05, 4.69) is 51.8 Å². The molecule has 1 atom stereocenters. The van der Waals surface area contributed by atoms with Crippen molar-refractivity contribution in [2.45, 2.75) is 81.7 Å². The van der Waals surface area contributed by atoms with Gasteiger partial charge in [-0.1, -0.05) is 75.2 Å². The molecule has 0 bridgehead atoms. The smallest absolute Gasteiger partial charge is 0.337 e. The number of aryl methyl sites for hydroxylation is 2. The molecule has 0 fully saturated rings. The third kappa shape index (κ3) is 9.50. The van der Waals surface area contributed by atoms with Crippen molar-refractivity contribution in [2.24, 2.45) is 0 Å². The number of methoxy groups -OCH3 is 1. The van der Waals surface area contributed by atoms with Crippen molar-refractivity contribution in [3.8, 4) is 0 Å². The Morgan fingerprint density at radius 3 is 2.27 bits per heavy atom. The molecule has 0 spiro atoms. The first kappa shape index (κ1) is 34.7. The lowest BCUT2D eigenvalue weighted by molar-refractivity contribution is 0.0600. The van der Waals surface area contributed by atoms with Gasteiger partial charge in [-0.3, -0.25) is 9.88 Å². The van der Waals surface area contributed by atoms with E-state index in [0.717, 1.165) is 46.4 Å². The van der Waals surface area contributed by atoms with Gasteiger partial charge in [-0.15, -0.1) is 0 Å². The number of benzene rings is 1. The lowest BCUT2D eigenvalue weighted by Crippen LogP contribution is -2.37. The second kappa shape index (κ2) is 18.0. The van der Waals surface area contributed by atoms with Gasteiger partial charge < -0.3 is 4.74 Å². The minimum absolute atomic E-state index is 0.241. The van der Waals surface area contributed by atoms with E-state index in [1.54, 1.807) is 12.3 Å². The van der Waals surface area contributed by atoms with Gasteiger partial charge in [0.25, 0.3) is 0 Å². The number of esters is 1. The molecule has 0 radical (unpaired) electrons. The summed E-state index contributed by atoms with van der Waals surface area (Å²) in [5.41, 5.74) is 5.92. The number of carbonyl (C=O) groups excluding carboxylic acids is 1. The van der Waals surface area contributed by atoms with Gasteiger partial charge in [-0.05, 0) is 63.5 Å². The van der Waals surface area contributed by atoms with Gasteiger partial charge in [0.2, 0.25) is 0 Å². The molecule has 0 N–H and O–H groups in total. The van der Waals surface area contributed by atoms with E-state index < -0.39 is 5.97 Å². The molecule has 3 rings (SSSR count). The van der Waals surface area contributed by atoms with Crippen molar-refractivity contribution < 1.29 is 13.9 Å². The third-order valence-electron chi connectivity index (χ3n) is 5.99. The molecule has 1 unspecified atom stereocenters. The molecule has 4 nitrogen and oxygen atoms in total. The summed E-state index contributed by atoms with van der Waals surface area (Å²) in [6.45, 7) is 21.8. The zero-order chi connectivity index (χ0) is 28.7.